The molecule has 0 radical (unpaired) electrons. The van der Waals surface area contributed by atoms with E-state index in [9.17, 15) is 4.79 Å². The molecule has 0 aliphatic carbocycles. The molecule has 1 amide bonds. The zero-order chi connectivity index (χ0) is 19.6. The summed E-state index contributed by atoms with van der Waals surface area (Å²) in [4.78, 5) is 21.6. The molecule has 2 fully saturated rings. The van der Waals surface area contributed by atoms with Crippen LogP contribution in [0.15, 0.2) is 29.3 Å². The first-order valence-electron chi connectivity index (χ1n) is 10.7. The zero-order valence-corrected chi connectivity index (χ0v) is 19.9. The van der Waals surface area contributed by atoms with Gasteiger partial charge in [-0.25, -0.2) is 0 Å². The van der Waals surface area contributed by atoms with Gasteiger partial charge in [0.2, 0.25) is 5.91 Å². The van der Waals surface area contributed by atoms with Crippen LogP contribution in [0.3, 0.4) is 0 Å². The van der Waals surface area contributed by atoms with E-state index in [1.165, 1.54) is 11.3 Å². The van der Waals surface area contributed by atoms with Gasteiger partial charge in [0, 0.05) is 56.3 Å². The number of para-hydroxylation sites is 1. The van der Waals surface area contributed by atoms with Crippen LogP contribution >= 0.6 is 24.0 Å². The van der Waals surface area contributed by atoms with Crippen molar-refractivity contribution >= 4 is 41.5 Å². The molecule has 0 aromatic heterocycles. The van der Waals surface area contributed by atoms with Gasteiger partial charge in [-0.1, -0.05) is 18.2 Å². The minimum absolute atomic E-state index is 0. The molecule has 1 spiro atoms. The molecule has 1 aromatic carbocycles. The lowest BCUT2D eigenvalue weighted by Crippen LogP contribution is -2.51. The highest BCUT2D eigenvalue weighted by Gasteiger charge is 2.42. The Morgan fingerprint density at radius 2 is 2.21 bits per heavy atom. The fourth-order valence-electron chi connectivity index (χ4n) is 5.09. The number of anilines is 1. The lowest BCUT2D eigenvalue weighted by atomic mass is 9.79. The van der Waals surface area contributed by atoms with Crippen molar-refractivity contribution in [1.82, 2.24) is 15.5 Å². The molecule has 3 aliphatic rings. The summed E-state index contributed by atoms with van der Waals surface area (Å²) in [5, 5.41) is 6.51. The van der Waals surface area contributed by atoms with E-state index in [0.29, 0.717) is 12.5 Å². The molecule has 4 rings (SSSR count). The fraction of sp³-hybridized carbons (Fsp3) is 0.636. The van der Waals surface area contributed by atoms with Crippen LogP contribution in [0, 0.1) is 5.41 Å². The van der Waals surface area contributed by atoms with Crippen LogP contribution in [0.4, 0.5) is 5.69 Å². The number of carbonyl (C=O) groups is 1. The smallest absolute Gasteiger partial charge is 0.220 e. The molecule has 3 aliphatic heterocycles. The highest BCUT2D eigenvalue weighted by atomic mass is 127. The first-order chi connectivity index (χ1) is 13.6. The molecule has 2 N–H and O–H groups in total. The van der Waals surface area contributed by atoms with Crippen molar-refractivity contribution in [3.63, 3.8) is 0 Å². The first-order valence-corrected chi connectivity index (χ1v) is 10.7. The van der Waals surface area contributed by atoms with Crippen LogP contribution in [-0.4, -0.2) is 62.1 Å². The van der Waals surface area contributed by atoms with E-state index < -0.39 is 0 Å². The average Bonchev–Trinajstić information content (AvgIpc) is 3.20. The Kier molecular flexibility index (Phi) is 7.29. The van der Waals surface area contributed by atoms with Crippen molar-refractivity contribution in [2.75, 3.05) is 44.2 Å². The van der Waals surface area contributed by atoms with Crippen LogP contribution in [-0.2, 0) is 11.2 Å². The van der Waals surface area contributed by atoms with Gasteiger partial charge in [-0.3, -0.25) is 9.79 Å². The van der Waals surface area contributed by atoms with Crippen LogP contribution in [0.1, 0.15) is 38.7 Å². The molecule has 2 atom stereocenters. The Hall–Kier alpha value is -1.51. The summed E-state index contributed by atoms with van der Waals surface area (Å²) in [5.74, 6) is 1.20. The number of amides is 1. The summed E-state index contributed by atoms with van der Waals surface area (Å²) in [7, 11) is 0. The van der Waals surface area contributed by atoms with E-state index in [1.54, 1.807) is 0 Å². The van der Waals surface area contributed by atoms with Gasteiger partial charge in [0.15, 0.2) is 5.96 Å². The van der Waals surface area contributed by atoms with Crippen molar-refractivity contribution in [2.24, 2.45) is 10.4 Å². The van der Waals surface area contributed by atoms with E-state index >= 15 is 0 Å². The van der Waals surface area contributed by atoms with Gasteiger partial charge < -0.3 is 20.4 Å². The number of likely N-dealkylation sites (tertiary alicyclic amines) is 1. The maximum absolute atomic E-state index is 11.8. The van der Waals surface area contributed by atoms with Crippen molar-refractivity contribution in [1.29, 1.82) is 0 Å². The molecule has 29 heavy (non-hydrogen) atoms. The van der Waals surface area contributed by atoms with Crippen molar-refractivity contribution in [3.8, 4) is 0 Å². The molecule has 0 bridgehead atoms. The summed E-state index contributed by atoms with van der Waals surface area (Å²) in [5.41, 5.74) is 2.90. The van der Waals surface area contributed by atoms with Gasteiger partial charge >= 0.3 is 0 Å². The highest BCUT2D eigenvalue weighted by Crippen LogP contribution is 2.36. The maximum Gasteiger partial charge on any atom is 0.220 e. The number of fused-ring (bicyclic) bond motifs is 1. The topological polar surface area (TPSA) is 60.0 Å². The lowest BCUT2D eigenvalue weighted by molar-refractivity contribution is -0.119. The number of nitrogens with one attached hydrogen (secondary N) is 2. The van der Waals surface area contributed by atoms with E-state index in [-0.39, 0.29) is 35.3 Å². The molecule has 2 unspecified atom stereocenters. The predicted molar refractivity (Wildman–Crippen MR) is 129 cm³/mol. The van der Waals surface area contributed by atoms with E-state index in [0.717, 1.165) is 64.5 Å². The van der Waals surface area contributed by atoms with E-state index in [2.05, 4.69) is 58.5 Å². The Balaban J connectivity index is 0.00000240. The third-order valence-corrected chi connectivity index (χ3v) is 6.44. The quantitative estimate of drug-likeness (QED) is 0.371. The van der Waals surface area contributed by atoms with Crippen molar-refractivity contribution < 1.29 is 4.79 Å². The largest absolute Gasteiger partial charge is 0.366 e. The fourth-order valence-corrected chi connectivity index (χ4v) is 5.09. The number of halogens is 1. The summed E-state index contributed by atoms with van der Waals surface area (Å²) in [6, 6.07) is 9.26. The number of hydrogen-bond acceptors (Lipinski definition) is 3. The number of piperidine rings is 1. The van der Waals surface area contributed by atoms with Gasteiger partial charge in [0.1, 0.15) is 0 Å². The number of benzene rings is 1. The second-order valence-corrected chi connectivity index (χ2v) is 8.59. The zero-order valence-electron chi connectivity index (χ0n) is 17.6. The monoisotopic (exact) mass is 511 g/mol. The lowest BCUT2D eigenvalue weighted by Gasteiger charge is -2.40. The molecule has 3 heterocycles. The summed E-state index contributed by atoms with van der Waals surface area (Å²) >= 11 is 0. The number of guanidine groups is 1. The second-order valence-electron chi connectivity index (χ2n) is 8.59. The Bertz CT molecular complexity index is 754. The number of carbonyl (C=O) groups excluding carboxylic acids is 1. The van der Waals surface area contributed by atoms with Gasteiger partial charge in [-0.05, 0) is 44.7 Å². The third kappa shape index (κ3) is 4.81. The standard InChI is InChI=1S/C22H33N5O.HI/c1-3-23-21(26-11-6-9-22(16-26)14-20(28)25-15-22)24-10-12-27-17(2)13-18-7-4-5-8-19(18)27;/h4-5,7-8,17H,3,6,9-16H2,1-2H3,(H,23,24)(H,25,28);1H. The molecule has 6 nitrogen and oxygen atoms in total. The van der Waals surface area contributed by atoms with Crippen LogP contribution in [0.2, 0.25) is 0 Å². The number of aliphatic imine (C=N–C) groups is 1. The summed E-state index contributed by atoms with van der Waals surface area (Å²) < 4.78 is 0. The third-order valence-electron chi connectivity index (χ3n) is 6.44. The predicted octanol–water partition coefficient (Wildman–Crippen LogP) is 2.62. The van der Waals surface area contributed by atoms with E-state index in [4.69, 9.17) is 4.99 Å². The number of hydrogen-bond donors (Lipinski definition) is 2. The molecule has 1 aromatic rings. The Morgan fingerprint density at radius 3 is 2.97 bits per heavy atom. The Labute approximate surface area is 191 Å². The highest BCUT2D eigenvalue weighted by molar-refractivity contribution is 14.0. The van der Waals surface area contributed by atoms with E-state index in [1.807, 2.05) is 0 Å². The maximum atomic E-state index is 11.8. The van der Waals surface area contributed by atoms with Gasteiger partial charge in [0.05, 0.1) is 6.54 Å². The molecule has 2 saturated heterocycles. The number of nitrogens with zero attached hydrogens (tertiary/aromatic N) is 3. The molecule has 7 heteroatoms. The molecular formula is C22H34IN5O. The second kappa shape index (κ2) is 9.53. The molecule has 160 valence electrons. The normalized spacial score (nSPS) is 26.3. The van der Waals surface area contributed by atoms with Crippen LogP contribution in [0.5, 0.6) is 0 Å². The van der Waals surface area contributed by atoms with Crippen LogP contribution in [0.25, 0.3) is 0 Å². The molecular weight excluding hydrogens is 477 g/mol. The Morgan fingerprint density at radius 1 is 1.38 bits per heavy atom. The molecule has 0 saturated carbocycles. The van der Waals surface area contributed by atoms with Crippen molar-refractivity contribution in [2.45, 2.75) is 45.6 Å². The van der Waals surface area contributed by atoms with Gasteiger partial charge in [0.25, 0.3) is 0 Å². The summed E-state index contributed by atoms with van der Waals surface area (Å²) in [6.45, 7) is 9.74. The van der Waals surface area contributed by atoms with Crippen molar-refractivity contribution in [3.05, 3.63) is 29.8 Å². The van der Waals surface area contributed by atoms with Gasteiger partial charge in [-0.2, -0.15) is 0 Å². The SMILES string of the molecule is CCNC(=NCCN1c2ccccc2CC1C)N1CCCC2(CNC(=O)C2)C1.I. The average molecular weight is 511 g/mol. The number of rotatable bonds is 4. The van der Waals surface area contributed by atoms with Crippen LogP contribution < -0.4 is 15.5 Å². The minimum Gasteiger partial charge on any atom is -0.366 e. The minimum atomic E-state index is 0. The summed E-state index contributed by atoms with van der Waals surface area (Å²) in [6.07, 6.45) is 4.03. The van der Waals surface area contributed by atoms with Gasteiger partial charge in [-0.15, -0.1) is 24.0 Å². The first kappa shape index (κ1) is 22.2.